The van der Waals surface area contributed by atoms with Crippen molar-refractivity contribution in [3.8, 4) is 9.88 Å². The highest BCUT2D eigenvalue weighted by molar-refractivity contribution is 7.26. The van der Waals surface area contributed by atoms with Gasteiger partial charge in [0.25, 0.3) is 5.91 Å². The summed E-state index contributed by atoms with van der Waals surface area (Å²) in [6.45, 7) is 2.63. The summed E-state index contributed by atoms with van der Waals surface area (Å²) in [5, 5.41) is 4.07. The van der Waals surface area contributed by atoms with Crippen LogP contribution in [0.2, 0.25) is 0 Å². The van der Waals surface area contributed by atoms with Gasteiger partial charge in [-0.05, 0) is 62.3 Å². The second-order valence-corrected chi connectivity index (χ2v) is 9.25. The smallest absolute Gasteiger partial charge is 0.261 e. The third-order valence-corrected chi connectivity index (χ3v) is 7.53. The van der Waals surface area contributed by atoms with E-state index in [-0.39, 0.29) is 11.9 Å². The van der Waals surface area contributed by atoms with Gasteiger partial charge in [0.05, 0.1) is 32.3 Å². The topological polar surface area (TPSA) is 58.4 Å². The van der Waals surface area contributed by atoms with E-state index in [0.717, 1.165) is 39.0 Å². The molecule has 1 fully saturated rings. The summed E-state index contributed by atoms with van der Waals surface area (Å²) in [5.74, 6) is 0.867. The molecule has 4 aromatic rings. The zero-order valence-corrected chi connectivity index (χ0v) is 17.5. The number of nitrogens with zero attached hydrogens (tertiary/aromatic N) is 2. The fourth-order valence-electron chi connectivity index (χ4n) is 3.77. The number of nitrogens with one attached hydrogen (secondary N) is 1. The average Bonchev–Trinajstić information content (AvgIpc) is 3.55. The first-order valence-electron chi connectivity index (χ1n) is 9.79. The predicted octanol–water partition coefficient (Wildman–Crippen LogP) is 5.18. The van der Waals surface area contributed by atoms with Crippen LogP contribution in [0.15, 0.2) is 59.2 Å². The van der Waals surface area contributed by atoms with Crippen molar-refractivity contribution in [1.82, 2.24) is 15.2 Å². The molecule has 1 saturated heterocycles. The Kier molecular flexibility index (Phi) is 5.18. The summed E-state index contributed by atoms with van der Waals surface area (Å²) in [5.41, 5.74) is 0.999. The summed E-state index contributed by atoms with van der Waals surface area (Å²) in [7, 11) is 0. The van der Waals surface area contributed by atoms with Gasteiger partial charge in [-0.15, -0.1) is 22.7 Å². The minimum Gasteiger partial charge on any atom is -0.468 e. The molecule has 29 heavy (non-hydrogen) atoms. The number of aromatic nitrogens is 1. The minimum atomic E-state index is -0.0434. The van der Waals surface area contributed by atoms with Crippen LogP contribution >= 0.6 is 22.7 Å². The minimum absolute atomic E-state index is 0.0434. The number of rotatable bonds is 6. The molecule has 0 aliphatic carbocycles. The zero-order valence-electron chi connectivity index (χ0n) is 15.8. The Balaban J connectivity index is 1.29. The monoisotopic (exact) mass is 423 g/mol. The molecule has 0 bridgehead atoms. The van der Waals surface area contributed by atoms with Crippen molar-refractivity contribution in [2.75, 3.05) is 19.6 Å². The van der Waals surface area contributed by atoms with E-state index < -0.39 is 0 Å². The van der Waals surface area contributed by atoms with Crippen LogP contribution < -0.4 is 5.32 Å². The molecule has 1 aliphatic heterocycles. The maximum atomic E-state index is 12.8. The number of amides is 1. The molecule has 0 spiro atoms. The fraction of sp³-hybridized carbons (Fsp3) is 0.273. The number of likely N-dealkylation sites (tertiary alicyclic amines) is 1. The van der Waals surface area contributed by atoms with E-state index in [4.69, 9.17) is 9.40 Å². The van der Waals surface area contributed by atoms with Crippen molar-refractivity contribution in [3.05, 3.63) is 65.4 Å². The van der Waals surface area contributed by atoms with Crippen LogP contribution in [0.1, 0.15) is 34.3 Å². The third kappa shape index (κ3) is 3.85. The lowest BCUT2D eigenvalue weighted by atomic mass is 10.2. The van der Waals surface area contributed by atoms with Crippen molar-refractivity contribution in [1.29, 1.82) is 0 Å². The van der Waals surface area contributed by atoms with Gasteiger partial charge in [0, 0.05) is 6.54 Å². The summed E-state index contributed by atoms with van der Waals surface area (Å²) in [6.07, 6.45) is 4.09. The molecule has 0 saturated carbocycles. The highest BCUT2D eigenvalue weighted by Crippen LogP contribution is 2.34. The molecule has 3 aromatic heterocycles. The van der Waals surface area contributed by atoms with E-state index in [1.165, 1.54) is 24.2 Å². The number of furan rings is 1. The van der Waals surface area contributed by atoms with E-state index >= 15 is 0 Å². The van der Waals surface area contributed by atoms with E-state index in [0.29, 0.717) is 11.4 Å². The highest BCUT2D eigenvalue weighted by Gasteiger charge is 2.26. The molecule has 1 aromatic carbocycles. The number of thiazole rings is 1. The van der Waals surface area contributed by atoms with Gasteiger partial charge in [0.1, 0.15) is 10.8 Å². The summed E-state index contributed by atoms with van der Waals surface area (Å²) < 4.78 is 6.80. The number of benzene rings is 1. The Morgan fingerprint density at radius 2 is 1.97 bits per heavy atom. The average molecular weight is 424 g/mol. The standard InChI is InChI=1S/C22H21N3O2S2/c26-21(23-14-16(17-7-5-13-27-17)25-11-3-4-12-25)19-9-10-20(28-19)22-24-15-6-1-2-8-18(15)29-22/h1-2,5-10,13,16H,3-4,11-12,14H2,(H,23,26). The molecule has 1 atom stereocenters. The maximum Gasteiger partial charge on any atom is 0.261 e. The van der Waals surface area contributed by atoms with Crippen LogP contribution in [0, 0.1) is 0 Å². The maximum absolute atomic E-state index is 12.8. The number of hydrogen-bond acceptors (Lipinski definition) is 6. The Labute approximate surface area is 177 Å². The van der Waals surface area contributed by atoms with Gasteiger partial charge in [-0.1, -0.05) is 12.1 Å². The zero-order chi connectivity index (χ0) is 19.6. The molecule has 5 nitrogen and oxygen atoms in total. The Bertz CT molecular complexity index is 1080. The number of carbonyl (C=O) groups excluding carboxylic acids is 1. The van der Waals surface area contributed by atoms with Gasteiger partial charge in [0.15, 0.2) is 0 Å². The van der Waals surface area contributed by atoms with Crippen molar-refractivity contribution in [2.45, 2.75) is 18.9 Å². The highest BCUT2D eigenvalue weighted by atomic mass is 32.1. The van der Waals surface area contributed by atoms with E-state index in [1.54, 1.807) is 17.6 Å². The van der Waals surface area contributed by atoms with Gasteiger partial charge in [-0.25, -0.2) is 4.98 Å². The van der Waals surface area contributed by atoms with Crippen LogP contribution in [-0.2, 0) is 0 Å². The van der Waals surface area contributed by atoms with E-state index in [9.17, 15) is 4.79 Å². The Morgan fingerprint density at radius 3 is 2.76 bits per heavy atom. The number of fused-ring (bicyclic) bond motifs is 1. The molecule has 5 rings (SSSR count). The van der Waals surface area contributed by atoms with Crippen LogP contribution in [0.3, 0.4) is 0 Å². The van der Waals surface area contributed by atoms with E-state index in [2.05, 4.69) is 16.3 Å². The first-order valence-corrected chi connectivity index (χ1v) is 11.4. The molecule has 148 valence electrons. The molecule has 0 radical (unpaired) electrons. The molecule has 1 aliphatic rings. The van der Waals surface area contributed by atoms with Crippen LogP contribution in [0.5, 0.6) is 0 Å². The van der Waals surface area contributed by atoms with Crippen LogP contribution in [-0.4, -0.2) is 35.4 Å². The SMILES string of the molecule is O=C(NCC(c1ccco1)N1CCCC1)c1ccc(-c2nc3ccccc3s2)s1. The third-order valence-electron chi connectivity index (χ3n) is 5.24. The van der Waals surface area contributed by atoms with Crippen molar-refractivity contribution >= 4 is 38.8 Å². The molecule has 1 N–H and O–H groups in total. The molecule has 1 unspecified atom stereocenters. The molecular weight excluding hydrogens is 402 g/mol. The van der Waals surface area contributed by atoms with E-state index in [1.807, 2.05) is 42.5 Å². The normalized spacial score (nSPS) is 15.7. The first-order chi connectivity index (χ1) is 14.3. The molecule has 7 heteroatoms. The quantitative estimate of drug-likeness (QED) is 0.464. The second kappa shape index (κ2) is 8.10. The number of para-hydroxylation sites is 1. The number of carbonyl (C=O) groups is 1. The van der Waals surface area contributed by atoms with Crippen molar-refractivity contribution < 1.29 is 9.21 Å². The molecule has 1 amide bonds. The summed E-state index contributed by atoms with van der Waals surface area (Å²) in [4.78, 5) is 21.6. The lowest BCUT2D eigenvalue weighted by Gasteiger charge is -2.25. The summed E-state index contributed by atoms with van der Waals surface area (Å²) >= 11 is 3.15. The largest absolute Gasteiger partial charge is 0.468 e. The van der Waals surface area contributed by atoms with Crippen molar-refractivity contribution in [2.24, 2.45) is 0 Å². The number of hydrogen-bond donors (Lipinski definition) is 1. The molecular formula is C22H21N3O2S2. The van der Waals surface area contributed by atoms with Crippen LogP contribution in [0.4, 0.5) is 0 Å². The fourth-order valence-corrected chi connectivity index (χ4v) is 5.72. The predicted molar refractivity (Wildman–Crippen MR) is 118 cm³/mol. The van der Waals surface area contributed by atoms with Crippen molar-refractivity contribution in [3.63, 3.8) is 0 Å². The number of thiophene rings is 1. The Morgan fingerprint density at radius 1 is 1.10 bits per heavy atom. The van der Waals surface area contributed by atoms with Gasteiger partial charge in [-0.3, -0.25) is 9.69 Å². The lowest BCUT2D eigenvalue weighted by Crippen LogP contribution is -2.36. The second-order valence-electron chi connectivity index (χ2n) is 7.13. The Hall–Kier alpha value is -2.48. The van der Waals surface area contributed by atoms with Crippen LogP contribution in [0.25, 0.3) is 20.1 Å². The van der Waals surface area contributed by atoms with Gasteiger partial charge in [0.2, 0.25) is 0 Å². The summed E-state index contributed by atoms with van der Waals surface area (Å²) in [6, 6.07) is 16.0. The van der Waals surface area contributed by atoms with Gasteiger partial charge in [-0.2, -0.15) is 0 Å². The van der Waals surface area contributed by atoms with Gasteiger partial charge >= 0.3 is 0 Å². The first kappa shape index (κ1) is 18.5. The van der Waals surface area contributed by atoms with Gasteiger partial charge < -0.3 is 9.73 Å². The molecule has 4 heterocycles. The lowest BCUT2D eigenvalue weighted by molar-refractivity contribution is 0.0938.